The van der Waals surface area contributed by atoms with Crippen LogP contribution in [-0.4, -0.2) is 32.7 Å². The Balaban J connectivity index is 2.58. The molecule has 0 aliphatic carbocycles. The lowest BCUT2D eigenvalue weighted by molar-refractivity contribution is 0.139. The van der Waals surface area contributed by atoms with Crippen molar-refractivity contribution >= 4 is 9.52 Å². The molecule has 1 aliphatic rings. The van der Waals surface area contributed by atoms with Crippen LogP contribution in [-0.2, 0) is 0 Å². The first-order valence-corrected chi connectivity index (χ1v) is 8.75. The van der Waals surface area contributed by atoms with Crippen LogP contribution in [0.3, 0.4) is 0 Å². The molecule has 90 valence electrons. The second-order valence-corrected chi connectivity index (χ2v) is 7.60. The van der Waals surface area contributed by atoms with Gasteiger partial charge < -0.3 is 4.90 Å². The molecule has 1 rings (SSSR count). The summed E-state index contributed by atoms with van der Waals surface area (Å²) in [5.41, 5.74) is 0. The van der Waals surface area contributed by atoms with Gasteiger partial charge in [-0.05, 0) is 32.4 Å². The Labute approximate surface area is 98.4 Å². The maximum Gasteiger partial charge on any atom is 0.0447 e. The van der Waals surface area contributed by atoms with Crippen molar-refractivity contribution < 1.29 is 0 Å². The minimum absolute atomic E-state index is 0.155. The molecule has 0 aromatic rings. The van der Waals surface area contributed by atoms with Crippen LogP contribution < -0.4 is 0 Å². The molecule has 1 heterocycles. The normalized spacial score (nSPS) is 28.8. The van der Waals surface area contributed by atoms with Crippen LogP contribution in [0.15, 0.2) is 0 Å². The molecule has 2 heteroatoms. The average Bonchev–Trinajstić information content (AvgIpc) is 2.31. The first kappa shape index (κ1) is 13.2. The summed E-state index contributed by atoms with van der Waals surface area (Å²) in [6, 6.07) is 1.59. The first-order chi connectivity index (χ1) is 7.29. The summed E-state index contributed by atoms with van der Waals surface area (Å²) in [5, 5.41) is 0.710. The maximum atomic E-state index is 2.84. The van der Waals surface area contributed by atoms with Gasteiger partial charge in [-0.2, -0.15) is 0 Å². The Morgan fingerprint density at radius 3 is 2.47 bits per heavy atom. The highest BCUT2D eigenvalue weighted by Crippen LogP contribution is 2.31. The van der Waals surface area contributed by atoms with Crippen molar-refractivity contribution in [1.82, 2.24) is 4.90 Å². The van der Waals surface area contributed by atoms with Gasteiger partial charge >= 0.3 is 0 Å². The highest BCUT2D eigenvalue weighted by molar-refractivity contribution is 6.40. The van der Waals surface area contributed by atoms with Gasteiger partial charge in [-0.3, -0.25) is 0 Å². The SMILES string of the molecule is CCCCN(CC)C1(CC)CCCC[SiH2]1. The predicted octanol–water partition coefficient (Wildman–Crippen LogP) is 2.99. The van der Waals surface area contributed by atoms with Crippen LogP contribution in [0.25, 0.3) is 0 Å². The lowest BCUT2D eigenvalue weighted by Crippen LogP contribution is -2.54. The molecule has 1 fully saturated rings. The molecule has 0 N–H and O–H groups in total. The molecule has 0 amide bonds. The van der Waals surface area contributed by atoms with Crippen LogP contribution in [0, 0.1) is 0 Å². The molecule has 0 bridgehead atoms. The van der Waals surface area contributed by atoms with Gasteiger partial charge in [0, 0.05) is 14.7 Å². The summed E-state index contributed by atoms with van der Waals surface area (Å²) in [4.78, 5) is 2.84. The third kappa shape index (κ3) is 3.32. The van der Waals surface area contributed by atoms with Gasteiger partial charge in [-0.25, -0.2) is 0 Å². The smallest absolute Gasteiger partial charge is 0.0447 e. The lowest BCUT2D eigenvalue weighted by atomic mass is 10.0. The Bertz CT molecular complexity index is 164. The quantitative estimate of drug-likeness (QED) is 0.631. The Morgan fingerprint density at radius 1 is 1.20 bits per heavy atom. The second kappa shape index (κ2) is 6.69. The van der Waals surface area contributed by atoms with Crippen LogP contribution in [0.4, 0.5) is 0 Å². The summed E-state index contributed by atoms with van der Waals surface area (Å²) in [5.74, 6) is 0. The van der Waals surface area contributed by atoms with Crippen molar-refractivity contribution in [3.8, 4) is 0 Å². The number of rotatable bonds is 6. The fourth-order valence-corrected chi connectivity index (χ4v) is 6.00. The van der Waals surface area contributed by atoms with Crippen LogP contribution in [0.1, 0.15) is 59.3 Å². The molecule has 1 aliphatic heterocycles. The van der Waals surface area contributed by atoms with Crippen molar-refractivity contribution in [2.75, 3.05) is 13.1 Å². The molecule has 0 aromatic heterocycles. The molecule has 0 spiro atoms. The van der Waals surface area contributed by atoms with Crippen LogP contribution in [0.2, 0.25) is 6.04 Å². The lowest BCUT2D eigenvalue weighted by Gasteiger charge is -2.46. The van der Waals surface area contributed by atoms with E-state index < -0.39 is 0 Å². The molecule has 1 nitrogen and oxygen atoms in total. The van der Waals surface area contributed by atoms with Gasteiger partial charge in [0.1, 0.15) is 0 Å². The highest BCUT2D eigenvalue weighted by atomic mass is 28.2. The third-order valence-electron chi connectivity index (χ3n) is 4.28. The van der Waals surface area contributed by atoms with Crippen LogP contribution in [0.5, 0.6) is 0 Å². The van der Waals surface area contributed by atoms with Crippen LogP contribution >= 0.6 is 0 Å². The predicted molar refractivity (Wildman–Crippen MR) is 72.4 cm³/mol. The standard InChI is InChI=1S/C13H29NSi/c1-4-7-11-14(6-3)13(5-2)10-8-9-12-15-13/h4-12,15H2,1-3H3. The number of hydrogen-bond acceptors (Lipinski definition) is 1. The number of hydrogen-bond donors (Lipinski definition) is 0. The number of unbranched alkanes of at least 4 members (excludes halogenated alkanes) is 1. The van der Waals surface area contributed by atoms with E-state index in [4.69, 9.17) is 0 Å². The summed E-state index contributed by atoms with van der Waals surface area (Å²) >= 11 is 0. The minimum atomic E-state index is 0.155. The Kier molecular flexibility index (Phi) is 5.91. The van der Waals surface area contributed by atoms with Crippen molar-refractivity contribution in [1.29, 1.82) is 0 Å². The molecular weight excluding hydrogens is 198 g/mol. The molecule has 0 saturated carbocycles. The van der Waals surface area contributed by atoms with Gasteiger partial charge in [0.05, 0.1) is 0 Å². The molecular formula is C13H29NSi. The van der Waals surface area contributed by atoms with E-state index in [1.54, 1.807) is 6.04 Å². The zero-order chi connectivity index (χ0) is 11.1. The largest absolute Gasteiger partial charge is 0.301 e. The molecule has 15 heavy (non-hydrogen) atoms. The van der Waals surface area contributed by atoms with Crippen molar-refractivity contribution in [2.24, 2.45) is 0 Å². The van der Waals surface area contributed by atoms with Gasteiger partial charge in [0.15, 0.2) is 0 Å². The second-order valence-electron chi connectivity index (χ2n) is 5.07. The van der Waals surface area contributed by atoms with E-state index in [0.717, 1.165) is 0 Å². The van der Waals surface area contributed by atoms with E-state index >= 15 is 0 Å². The fourth-order valence-electron chi connectivity index (χ4n) is 3.18. The van der Waals surface area contributed by atoms with Gasteiger partial charge in [-0.15, -0.1) is 0 Å². The number of nitrogens with zero attached hydrogens (tertiary/aromatic N) is 1. The zero-order valence-corrected chi connectivity index (χ0v) is 12.4. The third-order valence-corrected chi connectivity index (χ3v) is 7.36. The molecule has 1 saturated heterocycles. The zero-order valence-electron chi connectivity index (χ0n) is 11.0. The summed E-state index contributed by atoms with van der Waals surface area (Å²) in [6.45, 7) is 9.72. The van der Waals surface area contributed by atoms with Gasteiger partial charge in [0.25, 0.3) is 0 Å². The fraction of sp³-hybridized carbons (Fsp3) is 1.00. The summed E-state index contributed by atoms with van der Waals surface area (Å²) < 4.78 is 0. The van der Waals surface area contributed by atoms with E-state index in [2.05, 4.69) is 25.7 Å². The van der Waals surface area contributed by atoms with E-state index in [-0.39, 0.29) is 9.52 Å². The minimum Gasteiger partial charge on any atom is -0.301 e. The first-order valence-electron chi connectivity index (χ1n) is 7.04. The molecule has 1 atom stereocenters. The van der Waals surface area contributed by atoms with Gasteiger partial charge in [-0.1, -0.05) is 46.1 Å². The van der Waals surface area contributed by atoms with E-state index in [0.29, 0.717) is 5.16 Å². The molecule has 0 aromatic carbocycles. The monoisotopic (exact) mass is 227 g/mol. The van der Waals surface area contributed by atoms with Crippen molar-refractivity contribution in [3.05, 3.63) is 0 Å². The summed E-state index contributed by atoms with van der Waals surface area (Å²) in [6.07, 6.45) is 8.68. The topological polar surface area (TPSA) is 3.24 Å². The van der Waals surface area contributed by atoms with Crippen molar-refractivity contribution in [2.45, 2.75) is 70.5 Å². The Morgan fingerprint density at radius 2 is 2.00 bits per heavy atom. The summed E-state index contributed by atoms with van der Waals surface area (Å²) in [7, 11) is 0.155. The van der Waals surface area contributed by atoms with Gasteiger partial charge in [0.2, 0.25) is 0 Å². The van der Waals surface area contributed by atoms with Crippen molar-refractivity contribution in [3.63, 3.8) is 0 Å². The molecule has 0 radical (unpaired) electrons. The van der Waals surface area contributed by atoms with E-state index in [9.17, 15) is 0 Å². The highest BCUT2D eigenvalue weighted by Gasteiger charge is 2.34. The Hall–Kier alpha value is 0.177. The van der Waals surface area contributed by atoms with E-state index in [1.807, 2.05) is 0 Å². The average molecular weight is 227 g/mol. The van der Waals surface area contributed by atoms with E-state index in [1.165, 1.54) is 51.6 Å². The molecule has 1 unspecified atom stereocenters. The maximum absolute atomic E-state index is 2.84.